The lowest BCUT2D eigenvalue weighted by atomic mass is 9.85. The maximum absolute atomic E-state index is 12.6. The minimum Gasteiger partial charge on any atom is -0.332 e. The highest BCUT2D eigenvalue weighted by Gasteiger charge is 2.26. The zero-order valence-electron chi connectivity index (χ0n) is 14.6. The second-order valence-corrected chi connectivity index (χ2v) is 7.24. The summed E-state index contributed by atoms with van der Waals surface area (Å²) in [5.74, 6) is 0.806. The van der Waals surface area contributed by atoms with Crippen LogP contribution in [0.15, 0.2) is 18.6 Å². The number of fused-ring (bicyclic) bond motifs is 1. The number of carbonyl (C=O) groups is 1. The first kappa shape index (κ1) is 16.2. The van der Waals surface area contributed by atoms with E-state index >= 15 is 0 Å². The fraction of sp³-hybridized carbons (Fsp3) is 0.579. The van der Waals surface area contributed by atoms with Gasteiger partial charge in [-0.2, -0.15) is 5.10 Å². The van der Waals surface area contributed by atoms with Gasteiger partial charge in [0.15, 0.2) is 0 Å². The number of hydrogen-bond donors (Lipinski definition) is 1. The van der Waals surface area contributed by atoms with Crippen molar-refractivity contribution < 1.29 is 4.79 Å². The van der Waals surface area contributed by atoms with E-state index < -0.39 is 0 Å². The first-order valence-electron chi connectivity index (χ1n) is 9.41. The molecule has 0 aromatic carbocycles. The van der Waals surface area contributed by atoms with E-state index in [0.717, 1.165) is 24.5 Å². The quantitative estimate of drug-likeness (QED) is 0.929. The van der Waals surface area contributed by atoms with E-state index in [9.17, 15) is 4.79 Å². The molecule has 25 heavy (non-hydrogen) atoms. The van der Waals surface area contributed by atoms with Gasteiger partial charge in [-0.1, -0.05) is 32.1 Å². The van der Waals surface area contributed by atoms with Crippen LogP contribution in [0.4, 0.5) is 0 Å². The van der Waals surface area contributed by atoms with Gasteiger partial charge in [0.05, 0.1) is 11.9 Å². The van der Waals surface area contributed by atoms with Gasteiger partial charge in [0, 0.05) is 43.2 Å². The molecule has 0 spiro atoms. The van der Waals surface area contributed by atoms with Crippen molar-refractivity contribution >= 4 is 5.91 Å². The van der Waals surface area contributed by atoms with Crippen LogP contribution in [0.5, 0.6) is 0 Å². The molecule has 6 nitrogen and oxygen atoms in total. The van der Waals surface area contributed by atoms with Crippen molar-refractivity contribution in [2.24, 2.45) is 5.92 Å². The lowest BCUT2D eigenvalue weighted by Crippen LogP contribution is -2.36. The second kappa shape index (κ2) is 7.33. The van der Waals surface area contributed by atoms with Crippen molar-refractivity contribution in [3.05, 3.63) is 41.2 Å². The maximum Gasteiger partial charge on any atom is 0.274 e. The SMILES string of the molecule is O=C(c1cnccn1)N1CCc2[nH]nc(CCC3CCCCC3)c2C1. The third-order valence-corrected chi connectivity index (χ3v) is 5.60. The first-order chi connectivity index (χ1) is 12.3. The molecule has 1 saturated carbocycles. The van der Waals surface area contributed by atoms with Crippen molar-refractivity contribution in [2.75, 3.05) is 6.54 Å². The Balaban J connectivity index is 1.43. The van der Waals surface area contributed by atoms with E-state index in [0.29, 0.717) is 18.8 Å². The summed E-state index contributed by atoms with van der Waals surface area (Å²) in [5.41, 5.74) is 3.98. The topological polar surface area (TPSA) is 74.8 Å². The molecule has 0 radical (unpaired) electrons. The molecule has 2 aromatic heterocycles. The van der Waals surface area contributed by atoms with Gasteiger partial charge in [0.25, 0.3) is 5.91 Å². The Morgan fingerprint density at radius 1 is 1.24 bits per heavy atom. The molecule has 0 bridgehead atoms. The molecule has 3 heterocycles. The van der Waals surface area contributed by atoms with Gasteiger partial charge in [-0.15, -0.1) is 0 Å². The minimum absolute atomic E-state index is 0.0434. The van der Waals surface area contributed by atoms with Crippen molar-refractivity contribution in [1.82, 2.24) is 25.1 Å². The number of carbonyl (C=O) groups excluding carboxylic acids is 1. The summed E-state index contributed by atoms with van der Waals surface area (Å²) < 4.78 is 0. The number of nitrogens with one attached hydrogen (secondary N) is 1. The summed E-state index contributed by atoms with van der Waals surface area (Å²) in [5, 5.41) is 7.76. The largest absolute Gasteiger partial charge is 0.332 e. The van der Waals surface area contributed by atoms with Crippen LogP contribution in [-0.4, -0.2) is 37.5 Å². The van der Waals surface area contributed by atoms with Crippen LogP contribution in [-0.2, 0) is 19.4 Å². The molecule has 2 aromatic rings. The van der Waals surface area contributed by atoms with E-state index in [-0.39, 0.29) is 5.91 Å². The van der Waals surface area contributed by atoms with Crippen molar-refractivity contribution in [3.8, 4) is 0 Å². The molecular weight excluding hydrogens is 314 g/mol. The van der Waals surface area contributed by atoms with Crippen molar-refractivity contribution in [3.63, 3.8) is 0 Å². The highest BCUT2D eigenvalue weighted by molar-refractivity contribution is 5.92. The van der Waals surface area contributed by atoms with Crippen LogP contribution in [0.25, 0.3) is 0 Å². The van der Waals surface area contributed by atoms with E-state index in [1.54, 1.807) is 12.4 Å². The van der Waals surface area contributed by atoms with Crippen LogP contribution in [0.3, 0.4) is 0 Å². The van der Waals surface area contributed by atoms with Crippen molar-refractivity contribution in [1.29, 1.82) is 0 Å². The second-order valence-electron chi connectivity index (χ2n) is 7.24. The van der Waals surface area contributed by atoms with E-state index in [2.05, 4.69) is 20.2 Å². The van der Waals surface area contributed by atoms with Gasteiger partial charge in [0.2, 0.25) is 0 Å². The Morgan fingerprint density at radius 3 is 2.92 bits per heavy atom. The molecule has 0 saturated heterocycles. The number of aromatic nitrogens is 4. The third-order valence-electron chi connectivity index (χ3n) is 5.60. The fourth-order valence-corrected chi connectivity index (χ4v) is 4.12. The summed E-state index contributed by atoms with van der Waals surface area (Å²) in [6.07, 6.45) is 14.6. The van der Waals surface area contributed by atoms with E-state index in [1.165, 1.54) is 56.0 Å². The smallest absolute Gasteiger partial charge is 0.274 e. The third kappa shape index (κ3) is 3.57. The summed E-state index contributed by atoms with van der Waals surface area (Å²) >= 11 is 0. The van der Waals surface area contributed by atoms with E-state index in [1.807, 2.05) is 4.90 Å². The molecule has 1 N–H and O–H groups in total. The Bertz CT molecular complexity index is 721. The number of hydrogen-bond acceptors (Lipinski definition) is 4. The van der Waals surface area contributed by atoms with E-state index in [4.69, 9.17) is 0 Å². The molecule has 0 atom stereocenters. The zero-order chi connectivity index (χ0) is 17.1. The summed E-state index contributed by atoms with van der Waals surface area (Å²) in [6, 6.07) is 0. The average Bonchev–Trinajstić information content (AvgIpc) is 3.09. The Labute approximate surface area is 148 Å². The zero-order valence-corrected chi connectivity index (χ0v) is 14.6. The molecule has 132 valence electrons. The Hall–Kier alpha value is -2.24. The molecule has 6 heteroatoms. The molecular formula is C19H25N5O. The highest BCUT2D eigenvalue weighted by Crippen LogP contribution is 2.29. The van der Waals surface area contributed by atoms with Gasteiger partial charge < -0.3 is 4.90 Å². The number of aromatic amines is 1. The van der Waals surface area contributed by atoms with Crippen molar-refractivity contribution in [2.45, 2.75) is 57.9 Å². The number of amides is 1. The van der Waals surface area contributed by atoms with Crippen LogP contribution < -0.4 is 0 Å². The molecule has 1 fully saturated rings. The number of nitrogens with zero attached hydrogens (tertiary/aromatic N) is 4. The Kier molecular flexibility index (Phi) is 4.76. The molecule has 4 rings (SSSR count). The maximum atomic E-state index is 12.6. The Morgan fingerprint density at radius 2 is 2.12 bits per heavy atom. The molecule has 1 amide bonds. The normalized spacial score (nSPS) is 18.2. The van der Waals surface area contributed by atoms with Crippen LogP contribution in [0.2, 0.25) is 0 Å². The summed E-state index contributed by atoms with van der Waals surface area (Å²) in [6.45, 7) is 1.33. The van der Waals surface area contributed by atoms with Gasteiger partial charge >= 0.3 is 0 Å². The van der Waals surface area contributed by atoms with Gasteiger partial charge in [-0.3, -0.25) is 14.9 Å². The number of rotatable bonds is 4. The molecule has 1 aliphatic heterocycles. The molecule has 0 unspecified atom stereocenters. The lowest BCUT2D eigenvalue weighted by Gasteiger charge is -2.27. The molecule has 1 aliphatic carbocycles. The number of H-pyrrole nitrogens is 1. The summed E-state index contributed by atoms with van der Waals surface area (Å²) in [7, 11) is 0. The lowest BCUT2D eigenvalue weighted by molar-refractivity contribution is 0.0727. The monoisotopic (exact) mass is 339 g/mol. The molecule has 2 aliphatic rings. The minimum atomic E-state index is -0.0434. The van der Waals surface area contributed by atoms with Gasteiger partial charge in [-0.25, -0.2) is 4.98 Å². The summed E-state index contributed by atoms with van der Waals surface area (Å²) in [4.78, 5) is 22.7. The fourth-order valence-electron chi connectivity index (χ4n) is 4.12. The number of aryl methyl sites for hydroxylation is 1. The van der Waals surface area contributed by atoms with Crippen LogP contribution >= 0.6 is 0 Å². The van der Waals surface area contributed by atoms with Gasteiger partial charge in [0.1, 0.15) is 5.69 Å². The first-order valence-corrected chi connectivity index (χ1v) is 9.41. The van der Waals surface area contributed by atoms with Crippen LogP contribution in [0, 0.1) is 5.92 Å². The highest BCUT2D eigenvalue weighted by atomic mass is 16.2. The average molecular weight is 339 g/mol. The predicted octanol–water partition coefficient (Wildman–Crippen LogP) is 2.91. The van der Waals surface area contributed by atoms with Crippen LogP contribution in [0.1, 0.15) is 66.0 Å². The van der Waals surface area contributed by atoms with Gasteiger partial charge in [-0.05, 0) is 18.8 Å². The predicted molar refractivity (Wildman–Crippen MR) is 94.0 cm³/mol. The standard InChI is InChI=1S/C19H25N5O/c25-19(18-12-20-9-10-21-18)24-11-8-17-15(13-24)16(22-23-17)7-6-14-4-2-1-3-5-14/h9-10,12,14H,1-8,11,13H2,(H,22,23).